The number of nitrogens with zero attached hydrogens (tertiary/aromatic N) is 1. The number of benzene rings is 1. The normalized spacial score (nSPS) is 18.3. The molecule has 0 unspecified atom stereocenters. The average Bonchev–Trinajstić information content (AvgIpc) is 2.66. The molecule has 19 heavy (non-hydrogen) atoms. The molecular formula is C16H25ClN2. The zero-order chi connectivity index (χ0) is 14.0. The van der Waals surface area contributed by atoms with E-state index in [0.717, 1.165) is 18.1 Å². The van der Waals surface area contributed by atoms with Crippen molar-refractivity contribution in [2.24, 2.45) is 0 Å². The second-order valence-corrected chi connectivity index (χ2v) is 6.76. The van der Waals surface area contributed by atoms with E-state index in [1.807, 2.05) is 12.1 Å². The summed E-state index contributed by atoms with van der Waals surface area (Å²) in [7, 11) is 0. The molecule has 1 aliphatic heterocycles. The van der Waals surface area contributed by atoms with E-state index in [9.17, 15) is 0 Å². The van der Waals surface area contributed by atoms with Gasteiger partial charge < -0.3 is 10.2 Å². The van der Waals surface area contributed by atoms with Crippen molar-refractivity contribution in [3.05, 3.63) is 28.8 Å². The summed E-state index contributed by atoms with van der Waals surface area (Å²) in [5.41, 5.74) is 2.73. The lowest BCUT2D eigenvalue weighted by Gasteiger charge is -2.36. The number of halogens is 1. The van der Waals surface area contributed by atoms with Crippen molar-refractivity contribution in [3.63, 3.8) is 0 Å². The van der Waals surface area contributed by atoms with Crippen LogP contribution in [0.2, 0.25) is 5.02 Å². The second kappa shape index (κ2) is 5.72. The van der Waals surface area contributed by atoms with Crippen molar-refractivity contribution in [1.29, 1.82) is 0 Å². The number of hydrogen-bond donors (Lipinski definition) is 1. The summed E-state index contributed by atoms with van der Waals surface area (Å²) in [6.07, 6.45) is 2.48. The number of anilines is 1. The van der Waals surface area contributed by atoms with Gasteiger partial charge in [0.2, 0.25) is 0 Å². The minimum Gasteiger partial charge on any atom is -0.365 e. The van der Waals surface area contributed by atoms with Crippen LogP contribution in [0.1, 0.15) is 46.1 Å². The Bertz CT molecular complexity index is 440. The molecule has 0 atom stereocenters. The SMILES string of the molecule is CC(C)NCc1cccc(Cl)c1N1CCCC1(C)C. The third-order valence-corrected chi connectivity index (χ3v) is 4.25. The molecule has 1 aromatic rings. The minimum atomic E-state index is 0.206. The van der Waals surface area contributed by atoms with Gasteiger partial charge in [0, 0.05) is 24.7 Å². The van der Waals surface area contributed by atoms with Crippen molar-refractivity contribution in [3.8, 4) is 0 Å². The van der Waals surface area contributed by atoms with Crippen molar-refractivity contribution in [2.75, 3.05) is 11.4 Å². The summed E-state index contributed by atoms with van der Waals surface area (Å²) < 4.78 is 0. The molecule has 1 N–H and O–H groups in total. The van der Waals surface area contributed by atoms with Crippen molar-refractivity contribution in [1.82, 2.24) is 5.32 Å². The van der Waals surface area contributed by atoms with Crippen molar-refractivity contribution < 1.29 is 0 Å². The Morgan fingerprint density at radius 2 is 2.11 bits per heavy atom. The van der Waals surface area contributed by atoms with E-state index in [-0.39, 0.29) is 5.54 Å². The van der Waals surface area contributed by atoms with Crippen LogP contribution in [-0.2, 0) is 6.54 Å². The van der Waals surface area contributed by atoms with Gasteiger partial charge in [-0.3, -0.25) is 0 Å². The van der Waals surface area contributed by atoms with E-state index >= 15 is 0 Å². The van der Waals surface area contributed by atoms with Crippen LogP contribution < -0.4 is 10.2 Å². The molecule has 0 amide bonds. The molecule has 2 nitrogen and oxygen atoms in total. The zero-order valence-corrected chi connectivity index (χ0v) is 13.2. The summed E-state index contributed by atoms with van der Waals surface area (Å²) in [4.78, 5) is 2.48. The molecule has 3 heteroatoms. The molecule has 0 saturated carbocycles. The maximum atomic E-state index is 6.48. The van der Waals surface area contributed by atoms with Gasteiger partial charge in [0.25, 0.3) is 0 Å². The van der Waals surface area contributed by atoms with Crippen LogP contribution in [0.15, 0.2) is 18.2 Å². The van der Waals surface area contributed by atoms with E-state index in [1.165, 1.54) is 24.1 Å². The summed E-state index contributed by atoms with van der Waals surface area (Å²) >= 11 is 6.48. The summed E-state index contributed by atoms with van der Waals surface area (Å²) in [6, 6.07) is 6.72. The summed E-state index contributed by atoms with van der Waals surface area (Å²) in [5, 5.41) is 4.37. The van der Waals surface area contributed by atoms with Gasteiger partial charge in [-0.05, 0) is 38.3 Å². The highest BCUT2D eigenvalue weighted by Crippen LogP contribution is 2.39. The Balaban J connectivity index is 2.32. The highest BCUT2D eigenvalue weighted by atomic mass is 35.5. The average molecular weight is 281 g/mol. The zero-order valence-electron chi connectivity index (χ0n) is 12.5. The maximum absolute atomic E-state index is 6.48. The first-order valence-electron chi connectivity index (χ1n) is 7.20. The van der Waals surface area contributed by atoms with Gasteiger partial charge >= 0.3 is 0 Å². The van der Waals surface area contributed by atoms with Gasteiger partial charge in [0.15, 0.2) is 0 Å². The lowest BCUT2D eigenvalue weighted by atomic mass is 10.0. The highest BCUT2D eigenvalue weighted by Gasteiger charge is 2.34. The van der Waals surface area contributed by atoms with Crippen LogP contribution in [0.5, 0.6) is 0 Å². The third-order valence-electron chi connectivity index (χ3n) is 3.94. The van der Waals surface area contributed by atoms with E-state index in [0.29, 0.717) is 6.04 Å². The first-order valence-corrected chi connectivity index (χ1v) is 7.58. The molecule has 0 aromatic heterocycles. The van der Waals surface area contributed by atoms with Crippen LogP contribution in [-0.4, -0.2) is 18.1 Å². The number of nitrogens with one attached hydrogen (secondary N) is 1. The number of para-hydroxylation sites is 1. The van der Waals surface area contributed by atoms with Crippen LogP contribution >= 0.6 is 11.6 Å². The van der Waals surface area contributed by atoms with Crippen LogP contribution in [0, 0.1) is 0 Å². The molecule has 2 rings (SSSR count). The summed E-state index contributed by atoms with van der Waals surface area (Å²) in [5.74, 6) is 0. The molecule has 0 radical (unpaired) electrons. The number of rotatable bonds is 4. The topological polar surface area (TPSA) is 15.3 Å². The van der Waals surface area contributed by atoms with Gasteiger partial charge in [0.05, 0.1) is 10.7 Å². The molecular weight excluding hydrogens is 256 g/mol. The van der Waals surface area contributed by atoms with Gasteiger partial charge in [-0.25, -0.2) is 0 Å². The van der Waals surface area contributed by atoms with Gasteiger partial charge in [-0.1, -0.05) is 37.6 Å². The molecule has 1 saturated heterocycles. The van der Waals surface area contributed by atoms with Gasteiger partial charge in [0.1, 0.15) is 0 Å². The molecule has 1 aliphatic rings. The standard InChI is InChI=1S/C16H25ClN2/c1-12(2)18-11-13-7-5-8-14(17)15(13)19-10-6-9-16(19,3)4/h5,7-8,12,18H,6,9-11H2,1-4H3. The Hall–Kier alpha value is -0.730. The van der Waals surface area contributed by atoms with E-state index in [4.69, 9.17) is 11.6 Å². The molecule has 0 aliphatic carbocycles. The first kappa shape index (κ1) is 14.7. The highest BCUT2D eigenvalue weighted by molar-refractivity contribution is 6.33. The summed E-state index contributed by atoms with van der Waals surface area (Å²) in [6.45, 7) is 10.9. The Morgan fingerprint density at radius 3 is 2.68 bits per heavy atom. The molecule has 106 valence electrons. The molecule has 1 heterocycles. The van der Waals surface area contributed by atoms with Gasteiger partial charge in [-0.2, -0.15) is 0 Å². The quantitative estimate of drug-likeness (QED) is 0.888. The lowest BCUT2D eigenvalue weighted by molar-refractivity contribution is 0.514. The van der Waals surface area contributed by atoms with Crippen LogP contribution in [0.4, 0.5) is 5.69 Å². The molecule has 0 bridgehead atoms. The predicted molar refractivity (Wildman–Crippen MR) is 84.1 cm³/mol. The van der Waals surface area contributed by atoms with Gasteiger partial charge in [-0.15, -0.1) is 0 Å². The fraction of sp³-hybridized carbons (Fsp3) is 0.625. The Morgan fingerprint density at radius 1 is 1.37 bits per heavy atom. The smallest absolute Gasteiger partial charge is 0.0643 e. The minimum absolute atomic E-state index is 0.206. The third kappa shape index (κ3) is 3.24. The molecule has 1 aromatic carbocycles. The fourth-order valence-corrected chi connectivity index (χ4v) is 3.14. The maximum Gasteiger partial charge on any atom is 0.0643 e. The fourth-order valence-electron chi connectivity index (χ4n) is 2.84. The first-order chi connectivity index (χ1) is 8.92. The van der Waals surface area contributed by atoms with Crippen LogP contribution in [0.25, 0.3) is 0 Å². The predicted octanol–water partition coefficient (Wildman–Crippen LogP) is 4.22. The van der Waals surface area contributed by atoms with Crippen LogP contribution in [0.3, 0.4) is 0 Å². The lowest BCUT2D eigenvalue weighted by Crippen LogP contribution is -2.39. The molecule has 1 fully saturated rings. The number of hydrogen-bond acceptors (Lipinski definition) is 2. The van der Waals surface area contributed by atoms with E-state index in [1.54, 1.807) is 0 Å². The van der Waals surface area contributed by atoms with Crippen molar-refractivity contribution in [2.45, 2.75) is 58.7 Å². The van der Waals surface area contributed by atoms with E-state index in [2.05, 4.69) is 44.0 Å². The largest absolute Gasteiger partial charge is 0.365 e. The van der Waals surface area contributed by atoms with Crippen molar-refractivity contribution >= 4 is 17.3 Å². The second-order valence-electron chi connectivity index (χ2n) is 6.35. The Labute approximate surface area is 122 Å². The molecule has 0 spiro atoms. The van der Waals surface area contributed by atoms with E-state index < -0.39 is 0 Å². The Kier molecular flexibility index (Phi) is 4.42. The monoisotopic (exact) mass is 280 g/mol.